The van der Waals surface area contributed by atoms with E-state index in [1.807, 2.05) is 38.1 Å². The molecule has 2 N–H and O–H groups in total. The summed E-state index contributed by atoms with van der Waals surface area (Å²) in [6, 6.07) is 17.7. The minimum absolute atomic E-state index is 0.175. The van der Waals surface area contributed by atoms with Gasteiger partial charge in [0.2, 0.25) is 0 Å². The molecule has 0 radical (unpaired) electrons. The van der Waals surface area contributed by atoms with Crippen molar-refractivity contribution in [1.29, 1.82) is 10.5 Å². The largest absolute Gasteiger partial charge is 0.332 e. The average molecular weight is 318 g/mol. The Morgan fingerprint density at radius 1 is 0.792 bits per heavy atom. The van der Waals surface area contributed by atoms with Gasteiger partial charge >= 0.3 is 6.03 Å². The number of nitriles is 2. The lowest BCUT2D eigenvalue weighted by molar-refractivity contribution is 0.235. The molecule has 0 aromatic heterocycles. The van der Waals surface area contributed by atoms with E-state index in [2.05, 4.69) is 22.8 Å². The van der Waals surface area contributed by atoms with Crippen LogP contribution in [-0.2, 0) is 0 Å². The second kappa shape index (κ2) is 7.80. The van der Waals surface area contributed by atoms with Crippen molar-refractivity contribution in [2.24, 2.45) is 0 Å². The Morgan fingerprint density at radius 3 is 1.42 bits per heavy atom. The van der Waals surface area contributed by atoms with E-state index in [0.717, 1.165) is 11.1 Å². The van der Waals surface area contributed by atoms with Crippen molar-refractivity contribution in [3.8, 4) is 12.1 Å². The first-order valence-electron chi connectivity index (χ1n) is 7.60. The number of nitrogens with one attached hydrogen (secondary N) is 2. The topological polar surface area (TPSA) is 88.7 Å². The zero-order valence-electron chi connectivity index (χ0n) is 13.6. The molecule has 0 aliphatic heterocycles. The van der Waals surface area contributed by atoms with Crippen molar-refractivity contribution in [3.05, 3.63) is 70.8 Å². The quantitative estimate of drug-likeness (QED) is 0.903. The van der Waals surface area contributed by atoms with Crippen LogP contribution in [-0.4, -0.2) is 6.03 Å². The summed E-state index contributed by atoms with van der Waals surface area (Å²) >= 11 is 0. The van der Waals surface area contributed by atoms with Crippen LogP contribution in [0.2, 0.25) is 0 Å². The molecule has 2 rings (SSSR count). The van der Waals surface area contributed by atoms with Crippen LogP contribution in [0.5, 0.6) is 0 Å². The second-order valence-electron chi connectivity index (χ2n) is 5.53. The summed E-state index contributed by atoms with van der Waals surface area (Å²) in [4.78, 5) is 12.1. The molecule has 120 valence electrons. The van der Waals surface area contributed by atoms with Crippen molar-refractivity contribution in [1.82, 2.24) is 10.6 Å². The molecule has 5 nitrogen and oxygen atoms in total. The number of carbonyl (C=O) groups excluding carboxylic acids is 1. The Balaban J connectivity index is 1.93. The molecule has 0 bridgehead atoms. The Morgan fingerprint density at radius 2 is 1.12 bits per heavy atom. The molecule has 2 atom stereocenters. The van der Waals surface area contributed by atoms with Gasteiger partial charge in [0.05, 0.1) is 35.3 Å². The van der Waals surface area contributed by atoms with E-state index in [9.17, 15) is 4.79 Å². The molecule has 2 aromatic rings. The van der Waals surface area contributed by atoms with Gasteiger partial charge in [-0.25, -0.2) is 4.79 Å². The Kier molecular flexibility index (Phi) is 5.54. The number of urea groups is 1. The maximum atomic E-state index is 12.1. The molecule has 24 heavy (non-hydrogen) atoms. The van der Waals surface area contributed by atoms with Crippen molar-refractivity contribution in [2.75, 3.05) is 0 Å². The lowest BCUT2D eigenvalue weighted by atomic mass is 10.1. The maximum Gasteiger partial charge on any atom is 0.315 e. The van der Waals surface area contributed by atoms with Gasteiger partial charge in [-0.1, -0.05) is 24.3 Å². The summed E-state index contributed by atoms with van der Waals surface area (Å²) in [6.07, 6.45) is 0. The van der Waals surface area contributed by atoms with Gasteiger partial charge in [0, 0.05) is 0 Å². The maximum absolute atomic E-state index is 12.1. The molecule has 0 fully saturated rings. The Bertz CT molecular complexity index is 715. The zero-order valence-corrected chi connectivity index (χ0v) is 13.6. The van der Waals surface area contributed by atoms with E-state index in [1.54, 1.807) is 24.3 Å². The van der Waals surface area contributed by atoms with Crippen LogP contribution in [0.4, 0.5) is 4.79 Å². The van der Waals surface area contributed by atoms with Gasteiger partial charge in [-0.3, -0.25) is 0 Å². The van der Waals surface area contributed by atoms with Crippen LogP contribution >= 0.6 is 0 Å². The van der Waals surface area contributed by atoms with Crippen LogP contribution in [0.1, 0.15) is 48.2 Å². The molecule has 5 heteroatoms. The van der Waals surface area contributed by atoms with Gasteiger partial charge in [0.15, 0.2) is 0 Å². The normalized spacial score (nSPS) is 12.3. The molecule has 0 aliphatic carbocycles. The Hall–Kier alpha value is -3.31. The summed E-state index contributed by atoms with van der Waals surface area (Å²) in [5.41, 5.74) is 3.03. The van der Waals surface area contributed by atoms with Crippen LogP contribution in [0.3, 0.4) is 0 Å². The van der Waals surface area contributed by atoms with Crippen molar-refractivity contribution in [2.45, 2.75) is 25.9 Å². The minimum atomic E-state index is -0.274. The first-order valence-corrected chi connectivity index (χ1v) is 7.60. The molecule has 0 saturated heterocycles. The standard InChI is InChI=1S/C19H18N4O/c1-13(17-7-3-15(11-20)4-8-17)22-19(24)23-14(2)18-9-5-16(12-21)6-10-18/h3-10,13-14H,1-2H3,(H2,22,23,24). The number of benzene rings is 2. The highest BCUT2D eigenvalue weighted by molar-refractivity contribution is 5.75. The van der Waals surface area contributed by atoms with Crippen molar-refractivity contribution in [3.63, 3.8) is 0 Å². The first kappa shape index (κ1) is 17.1. The number of amides is 2. The third kappa shape index (κ3) is 4.34. The van der Waals surface area contributed by atoms with Crippen LogP contribution in [0, 0.1) is 22.7 Å². The van der Waals surface area contributed by atoms with Crippen molar-refractivity contribution < 1.29 is 4.79 Å². The van der Waals surface area contributed by atoms with Gasteiger partial charge in [0.25, 0.3) is 0 Å². The number of hydrogen-bond acceptors (Lipinski definition) is 3. The number of rotatable bonds is 4. The summed E-state index contributed by atoms with van der Waals surface area (Å²) in [5.74, 6) is 0. The van der Waals surface area contributed by atoms with E-state index in [0.29, 0.717) is 11.1 Å². The van der Waals surface area contributed by atoms with E-state index in [1.165, 1.54) is 0 Å². The monoisotopic (exact) mass is 318 g/mol. The minimum Gasteiger partial charge on any atom is -0.332 e. The van der Waals surface area contributed by atoms with Crippen LogP contribution < -0.4 is 10.6 Å². The SMILES string of the molecule is CC(NC(=O)NC(C)c1ccc(C#N)cc1)c1ccc(C#N)cc1. The third-order valence-corrected chi connectivity index (χ3v) is 3.77. The van der Waals surface area contributed by atoms with Crippen LogP contribution in [0.15, 0.2) is 48.5 Å². The lowest BCUT2D eigenvalue weighted by Gasteiger charge is -2.19. The molecule has 0 spiro atoms. The smallest absolute Gasteiger partial charge is 0.315 e. The predicted molar refractivity (Wildman–Crippen MR) is 90.8 cm³/mol. The lowest BCUT2D eigenvalue weighted by Crippen LogP contribution is -2.38. The third-order valence-electron chi connectivity index (χ3n) is 3.77. The highest BCUT2D eigenvalue weighted by Gasteiger charge is 2.13. The fourth-order valence-corrected chi connectivity index (χ4v) is 2.29. The molecule has 0 saturated carbocycles. The second-order valence-corrected chi connectivity index (χ2v) is 5.53. The molecular weight excluding hydrogens is 300 g/mol. The molecule has 0 aliphatic rings. The highest BCUT2D eigenvalue weighted by Crippen LogP contribution is 2.15. The van der Waals surface area contributed by atoms with Gasteiger partial charge in [-0.15, -0.1) is 0 Å². The van der Waals surface area contributed by atoms with Crippen LogP contribution in [0.25, 0.3) is 0 Å². The summed E-state index contributed by atoms with van der Waals surface area (Å²) in [5, 5.41) is 23.4. The van der Waals surface area contributed by atoms with E-state index >= 15 is 0 Å². The molecular formula is C19H18N4O. The first-order chi connectivity index (χ1) is 11.5. The Labute approximate surface area is 141 Å². The molecule has 0 heterocycles. The van der Waals surface area contributed by atoms with Gasteiger partial charge in [-0.05, 0) is 49.2 Å². The fraction of sp³-hybridized carbons (Fsp3) is 0.211. The molecule has 2 amide bonds. The zero-order chi connectivity index (χ0) is 17.5. The average Bonchev–Trinajstić information content (AvgIpc) is 2.61. The van der Waals surface area contributed by atoms with Crippen molar-refractivity contribution >= 4 is 6.03 Å². The van der Waals surface area contributed by atoms with Gasteiger partial charge in [0.1, 0.15) is 0 Å². The highest BCUT2D eigenvalue weighted by atomic mass is 16.2. The van der Waals surface area contributed by atoms with Gasteiger partial charge < -0.3 is 10.6 Å². The number of nitrogens with zero attached hydrogens (tertiary/aromatic N) is 2. The van der Waals surface area contributed by atoms with Gasteiger partial charge in [-0.2, -0.15) is 10.5 Å². The van der Waals surface area contributed by atoms with E-state index < -0.39 is 0 Å². The summed E-state index contributed by atoms with van der Waals surface area (Å²) in [6.45, 7) is 3.76. The van der Waals surface area contributed by atoms with E-state index in [-0.39, 0.29) is 18.1 Å². The molecule has 2 aromatic carbocycles. The predicted octanol–water partition coefficient (Wildman–Crippen LogP) is 3.55. The summed E-state index contributed by atoms with van der Waals surface area (Å²) < 4.78 is 0. The fourth-order valence-electron chi connectivity index (χ4n) is 2.29. The molecule has 2 unspecified atom stereocenters. The number of carbonyl (C=O) groups is 1. The number of hydrogen-bond donors (Lipinski definition) is 2. The summed E-state index contributed by atoms with van der Waals surface area (Å²) in [7, 11) is 0. The van der Waals surface area contributed by atoms with E-state index in [4.69, 9.17) is 10.5 Å².